The van der Waals surface area contributed by atoms with Gasteiger partial charge in [0.25, 0.3) is 0 Å². The van der Waals surface area contributed by atoms with Gasteiger partial charge in [-0.15, -0.1) is 0 Å². The van der Waals surface area contributed by atoms with Crippen molar-refractivity contribution in [1.29, 1.82) is 0 Å². The van der Waals surface area contributed by atoms with Crippen LogP contribution in [0.4, 0.5) is 10.7 Å². The van der Waals surface area contributed by atoms with Crippen LogP contribution in [0.15, 0.2) is 66.7 Å². The maximum Gasteiger partial charge on any atom is 0.419 e. The lowest BCUT2D eigenvalue weighted by Crippen LogP contribution is -2.27. The Morgan fingerprint density at radius 3 is 2.47 bits per heavy atom. The minimum absolute atomic E-state index is 0.193. The molecule has 0 aliphatic rings. The zero-order valence-electron chi connectivity index (χ0n) is 20.6. The zero-order chi connectivity index (χ0) is 25.4. The van der Waals surface area contributed by atoms with E-state index >= 15 is 0 Å². The minimum Gasteiger partial charge on any atom is -0.497 e. The van der Waals surface area contributed by atoms with Crippen molar-refractivity contribution in [2.45, 2.75) is 32.8 Å². The highest BCUT2D eigenvalue weighted by molar-refractivity contribution is 5.97. The summed E-state index contributed by atoms with van der Waals surface area (Å²) in [6.45, 7) is 5.52. The molecule has 0 saturated heterocycles. The van der Waals surface area contributed by atoms with Crippen LogP contribution in [-0.4, -0.2) is 38.3 Å². The molecule has 0 aliphatic carbocycles. The van der Waals surface area contributed by atoms with Gasteiger partial charge in [-0.3, -0.25) is 0 Å². The summed E-state index contributed by atoms with van der Waals surface area (Å²) in [4.78, 5) is 27.1. The maximum atomic E-state index is 13.3. The van der Waals surface area contributed by atoms with Crippen molar-refractivity contribution in [3.63, 3.8) is 0 Å². The number of benzene rings is 2. The number of nitrogens with zero attached hydrogens (tertiary/aromatic N) is 4. The first-order valence-corrected chi connectivity index (χ1v) is 11.6. The van der Waals surface area contributed by atoms with Gasteiger partial charge in [-0.25, -0.2) is 24.3 Å². The smallest absolute Gasteiger partial charge is 0.419 e. The molecule has 36 heavy (non-hydrogen) atoms. The average Bonchev–Trinajstić information content (AvgIpc) is 3.22. The van der Waals surface area contributed by atoms with Crippen LogP contribution >= 0.6 is 0 Å². The number of carbonyl (C=O) groups excluding carboxylic acids is 1. The molecule has 182 valence electrons. The number of anilines is 1. The summed E-state index contributed by atoms with van der Waals surface area (Å²) in [5.74, 6) is 0.883. The number of fused-ring (bicyclic) bond motifs is 2. The molecule has 5 aromatic rings. The van der Waals surface area contributed by atoms with Crippen LogP contribution in [0.2, 0.25) is 0 Å². The van der Waals surface area contributed by atoms with Crippen LogP contribution in [0, 0.1) is 0 Å². The van der Waals surface area contributed by atoms with Crippen LogP contribution in [0.1, 0.15) is 32.0 Å². The van der Waals surface area contributed by atoms with E-state index in [0.717, 1.165) is 10.9 Å². The van der Waals surface area contributed by atoms with E-state index in [2.05, 4.69) is 9.97 Å². The van der Waals surface area contributed by atoms with Crippen molar-refractivity contribution in [3.05, 3.63) is 78.0 Å². The quantitative estimate of drug-likeness (QED) is 0.356. The summed E-state index contributed by atoms with van der Waals surface area (Å²) < 4.78 is 12.7. The normalized spacial score (nSPS) is 11.7. The second-order valence-electron chi connectivity index (χ2n) is 9.53. The molecular weight excluding hydrogens is 454 g/mol. The summed E-state index contributed by atoms with van der Waals surface area (Å²) >= 11 is 0. The van der Waals surface area contributed by atoms with Gasteiger partial charge < -0.3 is 15.2 Å². The van der Waals surface area contributed by atoms with Crippen molar-refractivity contribution >= 4 is 34.0 Å². The van der Waals surface area contributed by atoms with Gasteiger partial charge in [0, 0.05) is 11.8 Å². The van der Waals surface area contributed by atoms with Crippen LogP contribution in [0.5, 0.6) is 5.75 Å². The van der Waals surface area contributed by atoms with Crippen molar-refractivity contribution in [1.82, 2.24) is 19.5 Å². The molecule has 0 atom stereocenters. The number of methoxy groups -OCH3 is 1. The maximum absolute atomic E-state index is 13.3. The lowest BCUT2D eigenvalue weighted by Gasteiger charge is -2.21. The molecule has 0 fully saturated rings. The highest BCUT2D eigenvalue weighted by atomic mass is 16.6. The van der Waals surface area contributed by atoms with Gasteiger partial charge in [0.1, 0.15) is 16.9 Å². The van der Waals surface area contributed by atoms with Gasteiger partial charge in [-0.05, 0) is 62.7 Å². The van der Waals surface area contributed by atoms with Gasteiger partial charge in [-0.2, -0.15) is 0 Å². The standard InChI is InChI=1S/C28H27N5O3/c1-28(2,3)36-27(34)33-23-13-10-19(35-4)15-18(23)16-24(33)20-11-12-21-25(30-20)22(32-26(29)31-21)14-17-8-6-5-7-9-17/h5-13,15-16H,14H2,1-4H3,(H2,29,31,32). The molecule has 8 nitrogen and oxygen atoms in total. The summed E-state index contributed by atoms with van der Waals surface area (Å²) in [7, 11) is 1.61. The number of nitrogens with two attached hydrogens (primary N) is 1. The lowest BCUT2D eigenvalue weighted by molar-refractivity contribution is 0.0547. The molecule has 8 heteroatoms. The van der Waals surface area contributed by atoms with Crippen LogP contribution in [0.3, 0.4) is 0 Å². The fraction of sp³-hybridized carbons (Fsp3) is 0.214. The molecule has 3 aromatic heterocycles. The largest absolute Gasteiger partial charge is 0.497 e. The Morgan fingerprint density at radius 2 is 1.75 bits per heavy atom. The predicted octanol–water partition coefficient (Wildman–Crippen LogP) is 5.61. The fourth-order valence-corrected chi connectivity index (χ4v) is 4.16. The van der Waals surface area contributed by atoms with Crippen LogP contribution in [-0.2, 0) is 11.2 Å². The Kier molecular flexibility index (Phi) is 5.80. The van der Waals surface area contributed by atoms with Crippen molar-refractivity contribution < 1.29 is 14.3 Å². The average molecular weight is 482 g/mol. The third kappa shape index (κ3) is 4.57. The molecule has 0 amide bonds. The van der Waals surface area contributed by atoms with E-state index in [9.17, 15) is 4.79 Å². The van der Waals surface area contributed by atoms with Crippen LogP contribution < -0.4 is 10.5 Å². The van der Waals surface area contributed by atoms with Gasteiger partial charge >= 0.3 is 6.09 Å². The minimum atomic E-state index is -0.664. The molecule has 0 radical (unpaired) electrons. The zero-order valence-corrected chi connectivity index (χ0v) is 20.6. The van der Waals surface area contributed by atoms with Gasteiger partial charge in [0.2, 0.25) is 5.95 Å². The first-order valence-electron chi connectivity index (χ1n) is 11.6. The van der Waals surface area contributed by atoms with Gasteiger partial charge in [0.05, 0.1) is 35.2 Å². The number of carbonyl (C=O) groups is 1. The molecule has 2 N–H and O–H groups in total. The molecule has 0 aliphatic heterocycles. The number of hydrogen-bond acceptors (Lipinski definition) is 7. The Balaban J connectivity index is 1.70. The van der Waals surface area contributed by atoms with E-state index in [1.54, 1.807) is 11.7 Å². The number of hydrogen-bond donors (Lipinski definition) is 1. The molecule has 5 rings (SSSR count). The summed E-state index contributed by atoms with van der Waals surface area (Å²) in [5.41, 5.74) is 10.3. The molecular formula is C28H27N5O3. The summed E-state index contributed by atoms with van der Waals surface area (Å²) in [5, 5.41) is 0.829. The van der Waals surface area contributed by atoms with Crippen molar-refractivity contribution in [3.8, 4) is 17.1 Å². The van der Waals surface area contributed by atoms with E-state index in [0.29, 0.717) is 45.8 Å². The highest BCUT2D eigenvalue weighted by Crippen LogP contribution is 2.32. The van der Waals surface area contributed by atoms with E-state index in [4.69, 9.17) is 20.2 Å². The molecule has 2 aromatic carbocycles. The predicted molar refractivity (Wildman–Crippen MR) is 140 cm³/mol. The second kappa shape index (κ2) is 8.96. The third-order valence-electron chi connectivity index (χ3n) is 5.69. The Morgan fingerprint density at radius 1 is 0.972 bits per heavy atom. The summed E-state index contributed by atoms with van der Waals surface area (Å²) in [6.07, 6.45) is 0.0601. The Hall–Kier alpha value is -4.46. The van der Waals surface area contributed by atoms with E-state index in [-0.39, 0.29) is 5.95 Å². The molecule has 0 saturated carbocycles. The lowest BCUT2D eigenvalue weighted by atomic mass is 10.1. The number of rotatable bonds is 4. The highest BCUT2D eigenvalue weighted by Gasteiger charge is 2.24. The number of nitrogen functional groups attached to an aromatic ring is 1. The Bertz CT molecular complexity index is 1590. The number of pyridine rings is 1. The van der Waals surface area contributed by atoms with Crippen molar-refractivity contribution in [2.24, 2.45) is 0 Å². The van der Waals surface area contributed by atoms with Gasteiger partial charge in [-0.1, -0.05) is 30.3 Å². The molecule has 0 spiro atoms. The first-order chi connectivity index (χ1) is 17.2. The number of aromatic nitrogens is 4. The third-order valence-corrected chi connectivity index (χ3v) is 5.69. The molecule has 0 unspecified atom stereocenters. The van der Waals surface area contributed by atoms with Crippen molar-refractivity contribution in [2.75, 3.05) is 12.8 Å². The second-order valence-corrected chi connectivity index (χ2v) is 9.53. The van der Waals surface area contributed by atoms with E-state index < -0.39 is 11.7 Å². The molecule has 3 heterocycles. The molecule has 0 bridgehead atoms. The van der Waals surface area contributed by atoms with Gasteiger partial charge in [0.15, 0.2) is 0 Å². The Labute approximate surface area is 208 Å². The first kappa shape index (κ1) is 23.3. The van der Waals surface area contributed by atoms with Crippen LogP contribution in [0.25, 0.3) is 33.3 Å². The van der Waals surface area contributed by atoms with E-state index in [1.165, 1.54) is 0 Å². The topological polar surface area (TPSA) is 105 Å². The fourth-order valence-electron chi connectivity index (χ4n) is 4.16. The van der Waals surface area contributed by atoms with E-state index in [1.807, 2.05) is 87.5 Å². The monoisotopic (exact) mass is 481 g/mol. The number of ether oxygens (including phenoxy) is 2. The summed E-state index contributed by atoms with van der Waals surface area (Å²) in [6, 6.07) is 21.1. The SMILES string of the molecule is COc1ccc2c(c1)cc(-c1ccc3nc(N)nc(Cc4ccccc4)c3n1)n2C(=O)OC(C)(C)C.